The van der Waals surface area contributed by atoms with Gasteiger partial charge in [0, 0.05) is 48.9 Å². The molecule has 0 amide bonds. The maximum Gasteiger partial charge on any atom is 0.321 e. The maximum absolute atomic E-state index is 11.3. The molecule has 0 unspecified atom stereocenters. The summed E-state index contributed by atoms with van der Waals surface area (Å²) < 4.78 is 0. The molecule has 0 saturated carbocycles. The van der Waals surface area contributed by atoms with Gasteiger partial charge < -0.3 is 15.4 Å². The average Bonchev–Trinajstić information content (AvgIpc) is 2.97. The Kier molecular flexibility index (Phi) is 5.42. The quantitative estimate of drug-likeness (QED) is 0.570. The number of aromatic nitrogens is 4. The number of H-pyrrole nitrogens is 1. The van der Waals surface area contributed by atoms with Gasteiger partial charge in [-0.05, 0) is 13.8 Å². The Bertz CT molecular complexity index is 582. The van der Waals surface area contributed by atoms with E-state index in [9.17, 15) is 9.90 Å². The predicted molar refractivity (Wildman–Crippen MR) is 81.3 cm³/mol. The Morgan fingerprint density at radius 1 is 1.32 bits per heavy atom. The summed E-state index contributed by atoms with van der Waals surface area (Å²) in [4.78, 5) is 26.4. The summed E-state index contributed by atoms with van der Waals surface area (Å²) in [5.41, 5.74) is 1.60. The molecule has 0 aliphatic heterocycles. The van der Waals surface area contributed by atoms with E-state index in [1.165, 1.54) is 6.33 Å². The Balaban J connectivity index is 1.90. The van der Waals surface area contributed by atoms with Gasteiger partial charge >= 0.3 is 5.97 Å². The highest BCUT2D eigenvalue weighted by Crippen LogP contribution is 2.04. The third-order valence-electron chi connectivity index (χ3n) is 2.95. The molecule has 1 atom stereocenters. The van der Waals surface area contributed by atoms with Gasteiger partial charge in [-0.2, -0.15) is 0 Å². The van der Waals surface area contributed by atoms with Crippen LogP contribution in [0, 0.1) is 0 Å². The van der Waals surface area contributed by atoms with Gasteiger partial charge in [0.25, 0.3) is 0 Å². The predicted octanol–water partition coefficient (Wildman–Crippen LogP) is 0.805. The first-order valence-corrected chi connectivity index (χ1v) is 7.05. The molecule has 8 heteroatoms. The van der Waals surface area contributed by atoms with E-state index in [1.54, 1.807) is 18.6 Å². The molecule has 0 aliphatic rings. The van der Waals surface area contributed by atoms with Gasteiger partial charge in [-0.25, -0.2) is 15.0 Å². The molecule has 2 aromatic heterocycles. The second-order valence-electron chi connectivity index (χ2n) is 5.27. The van der Waals surface area contributed by atoms with Crippen molar-refractivity contribution in [2.45, 2.75) is 38.9 Å². The third kappa shape index (κ3) is 4.81. The summed E-state index contributed by atoms with van der Waals surface area (Å²) in [5.74, 6) is -0.348. The van der Waals surface area contributed by atoms with Gasteiger partial charge in [-0.15, -0.1) is 0 Å². The summed E-state index contributed by atoms with van der Waals surface area (Å²) in [6.45, 7) is 4.39. The molecule has 0 aromatic carbocycles. The van der Waals surface area contributed by atoms with Gasteiger partial charge in [0.1, 0.15) is 6.04 Å². The zero-order chi connectivity index (χ0) is 15.9. The number of aromatic amines is 1. The van der Waals surface area contributed by atoms with Gasteiger partial charge in [-0.1, -0.05) is 0 Å². The Hall–Kier alpha value is -2.48. The van der Waals surface area contributed by atoms with Crippen LogP contribution in [0.1, 0.15) is 25.1 Å². The molecule has 0 saturated heterocycles. The van der Waals surface area contributed by atoms with E-state index in [-0.39, 0.29) is 6.04 Å². The molecular weight excluding hydrogens is 284 g/mol. The molecule has 2 aromatic rings. The van der Waals surface area contributed by atoms with Crippen molar-refractivity contribution in [2.24, 2.45) is 0 Å². The van der Waals surface area contributed by atoms with Crippen LogP contribution >= 0.6 is 0 Å². The normalized spacial score (nSPS) is 12.3. The van der Waals surface area contributed by atoms with Crippen LogP contribution in [0.25, 0.3) is 0 Å². The number of aliphatic carboxylic acids is 1. The molecule has 118 valence electrons. The first kappa shape index (κ1) is 15.9. The summed E-state index contributed by atoms with van der Waals surface area (Å²) >= 11 is 0. The number of carboxylic acids is 1. The summed E-state index contributed by atoms with van der Waals surface area (Å²) in [7, 11) is 0. The highest BCUT2D eigenvalue weighted by atomic mass is 16.4. The number of hydrogen-bond acceptors (Lipinski definition) is 6. The Morgan fingerprint density at radius 3 is 2.59 bits per heavy atom. The fraction of sp³-hybridized carbons (Fsp3) is 0.429. The van der Waals surface area contributed by atoms with Crippen molar-refractivity contribution in [1.82, 2.24) is 25.3 Å². The van der Waals surface area contributed by atoms with Crippen molar-refractivity contribution in [2.75, 3.05) is 5.32 Å². The summed E-state index contributed by atoms with van der Waals surface area (Å²) in [5, 5.41) is 15.3. The highest BCUT2D eigenvalue weighted by Gasteiger charge is 2.18. The fourth-order valence-corrected chi connectivity index (χ4v) is 1.88. The second-order valence-corrected chi connectivity index (χ2v) is 5.27. The molecule has 8 nitrogen and oxygen atoms in total. The van der Waals surface area contributed by atoms with Crippen LogP contribution in [0.3, 0.4) is 0 Å². The minimum absolute atomic E-state index is 0.259. The van der Waals surface area contributed by atoms with Crippen LogP contribution < -0.4 is 10.6 Å². The van der Waals surface area contributed by atoms with Crippen LogP contribution in [-0.2, 0) is 17.8 Å². The molecule has 2 heterocycles. The SMILES string of the molecule is CC(C)Nc1ncc(CN[C@H](Cc2cnc[nH]2)C(=O)O)cn1. The second kappa shape index (κ2) is 7.51. The van der Waals surface area contributed by atoms with E-state index in [0.29, 0.717) is 18.9 Å². The Labute approximate surface area is 128 Å². The van der Waals surface area contributed by atoms with Crippen LogP contribution in [-0.4, -0.2) is 43.1 Å². The van der Waals surface area contributed by atoms with Gasteiger partial charge in [0.15, 0.2) is 0 Å². The monoisotopic (exact) mass is 304 g/mol. The first-order valence-electron chi connectivity index (χ1n) is 7.05. The van der Waals surface area contributed by atoms with Crippen LogP contribution in [0.5, 0.6) is 0 Å². The third-order valence-corrected chi connectivity index (χ3v) is 2.95. The minimum Gasteiger partial charge on any atom is -0.480 e. The topological polar surface area (TPSA) is 116 Å². The number of hydrogen-bond donors (Lipinski definition) is 4. The van der Waals surface area contributed by atoms with Crippen molar-refractivity contribution < 1.29 is 9.90 Å². The lowest BCUT2D eigenvalue weighted by molar-refractivity contribution is -0.139. The zero-order valence-electron chi connectivity index (χ0n) is 12.6. The smallest absolute Gasteiger partial charge is 0.321 e. The molecule has 22 heavy (non-hydrogen) atoms. The molecule has 0 bridgehead atoms. The van der Waals surface area contributed by atoms with Crippen molar-refractivity contribution >= 4 is 11.9 Å². The standard InChI is InChI=1S/C14H20N6O2/c1-9(2)20-14-17-5-10(6-18-14)4-16-12(13(21)22)3-11-7-15-8-19-11/h5-9,12,16H,3-4H2,1-2H3,(H,15,19)(H,21,22)(H,17,18,20)/t12-/m1/s1. The first-order chi connectivity index (χ1) is 10.5. The van der Waals surface area contributed by atoms with E-state index in [1.807, 2.05) is 13.8 Å². The molecule has 2 rings (SSSR count). The summed E-state index contributed by atoms with van der Waals surface area (Å²) in [6, 6.07) is -0.441. The fourth-order valence-electron chi connectivity index (χ4n) is 1.88. The lowest BCUT2D eigenvalue weighted by atomic mass is 10.1. The van der Waals surface area contributed by atoms with Crippen molar-refractivity contribution in [3.8, 4) is 0 Å². The lowest BCUT2D eigenvalue weighted by Crippen LogP contribution is -2.38. The van der Waals surface area contributed by atoms with Crippen molar-refractivity contribution in [1.29, 1.82) is 0 Å². The average molecular weight is 304 g/mol. The highest BCUT2D eigenvalue weighted by molar-refractivity contribution is 5.73. The van der Waals surface area contributed by atoms with Crippen molar-refractivity contribution in [3.63, 3.8) is 0 Å². The molecule has 0 spiro atoms. The van der Waals surface area contributed by atoms with Crippen LogP contribution in [0.4, 0.5) is 5.95 Å². The molecule has 0 aliphatic carbocycles. The number of carbonyl (C=O) groups is 1. The largest absolute Gasteiger partial charge is 0.480 e. The number of rotatable bonds is 8. The van der Waals surface area contributed by atoms with Crippen LogP contribution in [0.15, 0.2) is 24.9 Å². The molecule has 0 radical (unpaired) electrons. The molecule has 4 N–H and O–H groups in total. The van der Waals surface area contributed by atoms with Gasteiger partial charge in [0.2, 0.25) is 5.95 Å². The molecule has 0 fully saturated rings. The van der Waals surface area contributed by atoms with Gasteiger partial charge in [-0.3, -0.25) is 10.1 Å². The number of anilines is 1. The number of imidazole rings is 1. The maximum atomic E-state index is 11.3. The minimum atomic E-state index is -0.909. The zero-order valence-corrected chi connectivity index (χ0v) is 12.6. The Morgan fingerprint density at radius 2 is 2.05 bits per heavy atom. The van der Waals surface area contributed by atoms with E-state index in [2.05, 4.69) is 30.6 Å². The number of nitrogens with zero attached hydrogens (tertiary/aromatic N) is 3. The molecular formula is C14H20N6O2. The van der Waals surface area contributed by atoms with E-state index >= 15 is 0 Å². The lowest BCUT2D eigenvalue weighted by Gasteiger charge is -2.13. The van der Waals surface area contributed by atoms with E-state index in [0.717, 1.165) is 11.3 Å². The van der Waals surface area contributed by atoms with Crippen LogP contribution in [0.2, 0.25) is 0 Å². The van der Waals surface area contributed by atoms with Crippen molar-refractivity contribution in [3.05, 3.63) is 36.2 Å². The van der Waals surface area contributed by atoms with Gasteiger partial charge in [0.05, 0.1) is 6.33 Å². The van der Waals surface area contributed by atoms with E-state index in [4.69, 9.17) is 0 Å². The van der Waals surface area contributed by atoms with E-state index < -0.39 is 12.0 Å². The summed E-state index contributed by atoms with van der Waals surface area (Å²) in [6.07, 6.45) is 6.85. The number of nitrogens with one attached hydrogen (secondary N) is 3. The number of carboxylic acid groups (broad SMARTS) is 1.